The number of aromatic nitrogens is 1. The Hall–Kier alpha value is -2.64. The van der Waals surface area contributed by atoms with Crippen LogP contribution in [0.1, 0.15) is 40.5 Å². The number of carbonyl (C=O) groups is 2. The quantitative estimate of drug-likeness (QED) is 0.323. The smallest absolute Gasteiger partial charge is 0.338 e. The molecule has 5 nitrogen and oxygen atoms in total. The van der Waals surface area contributed by atoms with Crippen molar-refractivity contribution in [1.29, 1.82) is 0 Å². The number of carbonyl (C=O) groups excluding carboxylic acids is 2. The summed E-state index contributed by atoms with van der Waals surface area (Å²) in [5.41, 5.74) is 2.53. The number of ether oxygens (including phenoxy) is 1. The van der Waals surface area contributed by atoms with Crippen molar-refractivity contribution in [2.75, 3.05) is 6.61 Å². The van der Waals surface area contributed by atoms with Crippen LogP contribution in [0.15, 0.2) is 64.9 Å². The molecule has 0 saturated carbocycles. The molecule has 2 aromatic carbocycles. The lowest BCUT2D eigenvalue weighted by Gasteiger charge is -2.26. The van der Waals surface area contributed by atoms with Gasteiger partial charge in [-0.3, -0.25) is 4.79 Å². The van der Waals surface area contributed by atoms with Crippen LogP contribution in [0.2, 0.25) is 0 Å². The number of amides is 1. The first-order chi connectivity index (χ1) is 14.9. The molecule has 162 valence electrons. The largest absolute Gasteiger partial charge is 0.452 e. The molecule has 3 rings (SSSR count). The molecule has 1 heterocycles. The zero-order chi connectivity index (χ0) is 22.2. The number of benzene rings is 2. The molecule has 0 fully saturated rings. The zero-order valence-electron chi connectivity index (χ0n) is 17.9. The van der Waals surface area contributed by atoms with Crippen molar-refractivity contribution in [3.63, 3.8) is 0 Å². The first kappa shape index (κ1) is 23.0. The Balaban J connectivity index is 1.51. The maximum absolute atomic E-state index is 12.6. The highest BCUT2D eigenvalue weighted by molar-refractivity contribution is 7.98. The van der Waals surface area contributed by atoms with Crippen LogP contribution < -0.4 is 0 Å². The highest BCUT2D eigenvalue weighted by Gasteiger charge is 2.19. The minimum Gasteiger partial charge on any atom is -0.452 e. The van der Waals surface area contributed by atoms with Crippen LogP contribution in [0.5, 0.6) is 0 Å². The van der Waals surface area contributed by atoms with Gasteiger partial charge in [0, 0.05) is 28.6 Å². The minimum atomic E-state index is -0.497. The van der Waals surface area contributed by atoms with E-state index >= 15 is 0 Å². The lowest BCUT2D eigenvalue weighted by Crippen LogP contribution is -2.39. The third-order valence-corrected chi connectivity index (χ3v) is 6.48. The molecule has 0 atom stereocenters. The average Bonchev–Trinajstić information content (AvgIpc) is 3.20. The van der Waals surface area contributed by atoms with Crippen molar-refractivity contribution >= 4 is 35.0 Å². The molecule has 0 radical (unpaired) electrons. The van der Waals surface area contributed by atoms with E-state index in [0.29, 0.717) is 12.1 Å². The predicted molar refractivity (Wildman–Crippen MR) is 125 cm³/mol. The summed E-state index contributed by atoms with van der Waals surface area (Å²) in [6, 6.07) is 17.0. The standard InChI is InChI=1S/C24H26N2O3S2/c1-17(2)26(13-19-7-5-4-6-8-19)23(27)14-29-24(28)20-9-11-22(12-10-20)31-16-21-15-30-18(3)25-21/h4-12,15,17H,13-14,16H2,1-3H3. The molecule has 0 N–H and O–H groups in total. The minimum absolute atomic E-state index is 0.00391. The van der Waals surface area contributed by atoms with Gasteiger partial charge in [0.05, 0.1) is 16.3 Å². The summed E-state index contributed by atoms with van der Waals surface area (Å²) in [6.45, 7) is 6.10. The van der Waals surface area contributed by atoms with Crippen LogP contribution in [0.4, 0.5) is 0 Å². The Morgan fingerprint density at radius 2 is 1.81 bits per heavy atom. The topological polar surface area (TPSA) is 59.5 Å². The van der Waals surface area contributed by atoms with Crippen molar-refractivity contribution in [3.05, 3.63) is 81.8 Å². The maximum Gasteiger partial charge on any atom is 0.338 e. The van der Waals surface area contributed by atoms with E-state index in [1.807, 2.05) is 63.2 Å². The summed E-state index contributed by atoms with van der Waals surface area (Å²) in [6.07, 6.45) is 0. The first-order valence-electron chi connectivity index (χ1n) is 10.1. The lowest BCUT2D eigenvalue weighted by atomic mass is 10.2. The number of aryl methyl sites for hydroxylation is 1. The molecule has 1 aromatic heterocycles. The third-order valence-electron chi connectivity index (χ3n) is 4.61. The molecule has 31 heavy (non-hydrogen) atoms. The van der Waals surface area contributed by atoms with Crippen molar-refractivity contribution in [2.24, 2.45) is 0 Å². The fourth-order valence-corrected chi connectivity index (χ4v) is 4.46. The number of nitrogens with zero attached hydrogens (tertiary/aromatic N) is 2. The van der Waals surface area contributed by atoms with E-state index in [1.165, 1.54) is 0 Å². The van der Waals surface area contributed by atoms with Gasteiger partial charge in [-0.25, -0.2) is 9.78 Å². The second-order valence-corrected chi connectivity index (χ2v) is 9.46. The second-order valence-electron chi connectivity index (χ2n) is 7.35. The van der Waals surface area contributed by atoms with E-state index in [1.54, 1.807) is 40.1 Å². The first-order valence-corrected chi connectivity index (χ1v) is 11.9. The van der Waals surface area contributed by atoms with E-state index in [2.05, 4.69) is 10.4 Å². The monoisotopic (exact) mass is 454 g/mol. The molecule has 0 aliphatic heterocycles. The number of hydrogen-bond donors (Lipinski definition) is 0. The van der Waals surface area contributed by atoms with Gasteiger partial charge in [-0.2, -0.15) is 0 Å². The highest BCUT2D eigenvalue weighted by Crippen LogP contribution is 2.24. The Kier molecular flexibility index (Phi) is 8.26. The number of esters is 1. The molecule has 7 heteroatoms. The molecule has 0 bridgehead atoms. The van der Waals surface area contributed by atoms with Crippen molar-refractivity contribution < 1.29 is 14.3 Å². The van der Waals surface area contributed by atoms with Gasteiger partial charge in [-0.15, -0.1) is 23.1 Å². The Morgan fingerprint density at radius 1 is 1.10 bits per heavy atom. The molecule has 0 unspecified atom stereocenters. The second kappa shape index (κ2) is 11.1. The Bertz CT molecular complexity index is 1000. The molecular weight excluding hydrogens is 428 g/mol. The van der Waals surface area contributed by atoms with Crippen LogP contribution in [0, 0.1) is 6.92 Å². The van der Waals surface area contributed by atoms with E-state index in [0.717, 1.165) is 26.9 Å². The van der Waals surface area contributed by atoms with Crippen molar-refractivity contribution in [2.45, 2.75) is 44.0 Å². The lowest BCUT2D eigenvalue weighted by molar-refractivity contribution is -0.136. The van der Waals surface area contributed by atoms with Gasteiger partial charge in [-0.1, -0.05) is 30.3 Å². The molecule has 3 aromatic rings. The highest BCUT2D eigenvalue weighted by atomic mass is 32.2. The maximum atomic E-state index is 12.6. The summed E-state index contributed by atoms with van der Waals surface area (Å²) in [5, 5.41) is 3.12. The van der Waals surface area contributed by atoms with E-state index in [4.69, 9.17) is 4.74 Å². The van der Waals surface area contributed by atoms with E-state index in [-0.39, 0.29) is 18.6 Å². The van der Waals surface area contributed by atoms with E-state index in [9.17, 15) is 9.59 Å². The normalized spacial score (nSPS) is 10.8. The van der Waals surface area contributed by atoms with Crippen molar-refractivity contribution in [3.8, 4) is 0 Å². The Labute approximate surface area is 191 Å². The fourth-order valence-electron chi connectivity index (χ4n) is 2.95. The van der Waals surface area contributed by atoms with Gasteiger partial charge in [0.2, 0.25) is 0 Å². The number of thioether (sulfide) groups is 1. The molecule has 0 aliphatic rings. The summed E-state index contributed by atoms with van der Waals surface area (Å²) < 4.78 is 5.29. The van der Waals surface area contributed by atoms with Gasteiger partial charge >= 0.3 is 5.97 Å². The summed E-state index contributed by atoms with van der Waals surface area (Å²) in [4.78, 5) is 32.2. The Morgan fingerprint density at radius 3 is 2.42 bits per heavy atom. The van der Waals surface area contributed by atoms with Crippen LogP contribution in [0.25, 0.3) is 0 Å². The van der Waals surface area contributed by atoms with Crippen molar-refractivity contribution in [1.82, 2.24) is 9.88 Å². The third kappa shape index (κ3) is 6.94. The molecule has 0 spiro atoms. The summed E-state index contributed by atoms with van der Waals surface area (Å²) in [7, 11) is 0. The molecule has 1 amide bonds. The summed E-state index contributed by atoms with van der Waals surface area (Å²) >= 11 is 3.31. The molecule has 0 saturated heterocycles. The fraction of sp³-hybridized carbons (Fsp3) is 0.292. The number of rotatable bonds is 9. The van der Waals surface area contributed by atoms with Crippen LogP contribution >= 0.6 is 23.1 Å². The zero-order valence-corrected chi connectivity index (χ0v) is 19.5. The van der Waals surface area contributed by atoms with Gasteiger partial charge in [0.1, 0.15) is 0 Å². The van der Waals surface area contributed by atoms with Crippen LogP contribution in [-0.2, 0) is 21.8 Å². The van der Waals surface area contributed by atoms with Gasteiger partial charge in [0.15, 0.2) is 6.61 Å². The van der Waals surface area contributed by atoms with Gasteiger partial charge in [0.25, 0.3) is 5.91 Å². The average molecular weight is 455 g/mol. The van der Waals surface area contributed by atoms with Crippen LogP contribution in [0.3, 0.4) is 0 Å². The number of thiazole rings is 1. The molecule has 0 aliphatic carbocycles. The number of hydrogen-bond acceptors (Lipinski definition) is 6. The predicted octanol–water partition coefficient (Wildman–Crippen LogP) is 5.34. The van der Waals surface area contributed by atoms with Gasteiger partial charge in [-0.05, 0) is 50.6 Å². The van der Waals surface area contributed by atoms with Crippen LogP contribution in [-0.4, -0.2) is 34.4 Å². The molecular formula is C24H26N2O3S2. The SMILES string of the molecule is Cc1nc(CSc2ccc(C(=O)OCC(=O)N(Cc3ccccc3)C(C)C)cc2)cs1. The van der Waals surface area contributed by atoms with Gasteiger partial charge < -0.3 is 9.64 Å². The van der Waals surface area contributed by atoms with E-state index < -0.39 is 5.97 Å². The summed E-state index contributed by atoms with van der Waals surface area (Å²) in [5.74, 6) is 0.0797.